The van der Waals surface area contributed by atoms with Crippen LogP contribution in [0.3, 0.4) is 0 Å². The molecule has 0 aliphatic rings. The number of aromatic nitrogens is 2. The van der Waals surface area contributed by atoms with Crippen molar-refractivity contribution < 1.29 is 14.3 Å². The zero-order valence-corrected chi connectivity index (χ0v) is 20.3. The molecule has 0 radical (unpaired) electrons. The largest absolute Gasteiger partial charge is 0.508 e. The van der Waals surface area contributed by atoms with Gasteiger partial charge in [0.1, 0.15) is 11.6 Å². The second-order valence-electron chi connectivity index (χ2n) is 6.44. The topological polar surface area (TPSA) is 67.2 Å². The standard InChI is InChI=1S/C21H22FN3O2S.2C2H6/c1-15(28-20-7-3-6-19(26)11-20)21(27)24-9-8-18-12-23-14-25(18)13-16-4-2-5-17(22)10-16;2*1-2/h2-7,10-12,14-15,26H,8-9,13H2,1H3,(H,24,27);2*1-2H3. The van der Waals surface area contributed by atoms with Crippen LogP contribution in [-0.4, -0.2) is 32.4 Å². The average molecular weight is 460 g/mol. The van der Waals surface area contributed by atoms with E-state index >= 15 is 0 Å². The molecular weight excluding hydrogens is 425 g/mol. The van der Waals surface area contributed by atoms with E-state index < -0.39 is 0 Å². The lowest BCUT2D eigenvalue weighted by Crippen LogP contribution is -2.32. The highest BCUT2D eigenvalue weighted by molar-refractivity contribution is 8.00. The number of amides is 1. The Bertz CT molecular complexity index is 946. The van der Waals surface area contributed by atoms with Crippen molar-refractivity contribution in [2.24, 2.45) is 0 Å². The number of hydrogen-bond donors (Lipinski definition) is 2. The molecular formula is C25H34FN3O2S. The van der Waals surface area contributed by atoms with Gasteiger partial charge in [-0.1, -0.05) is 45.9 Å². The predicted octanol–water partition coefficient (Wildman–Crippen LogP) is 5.67. The average Bonchev–Trinajstić information content (AvgIpc) is 3.23. The van der Waals surface area contributed by atoms with E-state index in [0.717, 1.165) is 16.2 Å². The van der Waals surface area contributed by atoms with Gasteiger partial charge in [-0.05, 0) is 42.8 Å². The molecule has 3 aromatic rings. The molecule has 1 amide bonds. The van der Waals surface area contributed by atoms with Crippen molar-refractivity contribution in [3.63, 3.8) is 0 Å². The van der Waals surface area contributed by atoms with Gasteiger partial charge in [0.25, 0.3) is 0 Å². The van der Waals surface area contributed by atoms with E-state index in [1.165, 1.54) is 23.9 Å². The maximum Gasteiger partial charge on any atom is 0.233 e. The molecule has 32 heavy (non-hydrogen) atoms. The predicted molar refractivity (Wildman–Crippen MR) is 131 cm³/mol. The summed E-state index contributed by atoms with van der Waals surface area (Å²) >= 11 is 1.39. The van der Waals surface area contributed by atoms with Gasteiger partial charge in [0.05, 0.1) is 11.6 Å². The molecule has 1 unspecified atom stereocenters. The van der Waals surface area contributed by atoms with Gasteiger partial charge >= 0.3 is 0 Å². The van der Waals surface area contributed by atoms with Gasteiger partial charge in [-0.3, -0.25) is 4.79 Å². The van der Waals surface area contributed by atoms with E-state index in [2.05, 4.69) is 10.3 Å². The van der Waals surface area contributed by atoms with Crippen LogP contribution in [0, 0.1) is 5.82 Å². The number of halogens is 1. The molecule has 7 heteroatoms. The highest BCUT2D eigenvalue weighted by Gasteiger charge is 2.14. The Kier molecular flexibility index (Phi) is 12.8. The summed E-state index contributed by atoms with van der Waals surface area (Å²) in [5.41, 5.74) is 1.83. The zero-order chi connectivity index (χ0) is 23.9. The Hall–Kier alpha value is -2.80. The van der Waals surface area contributed by atoms with Gasteiger partial charge in [0, 0.05) is 36.3 Å². The summed E-state index contributed by atoms with van der Waals surface area (Å²) < 4.78 is 15.3. The molecule has 1 heterocycles. The summed E-state index contributed by atoms with van der Waals surface area (Å²) in [5, 5.41) is 12.2. The lowest BCUT2D eigenvalue weighted by molar-refractivity contribution is -0.120. The highest BCUT2D eigenvalue weighted by Crippen LogP contribution is 2.26. The van der Waals surface area contributed by atoms with Crippen LogP contribution < -0.4 is 5.32 Å². The quantitative estimate of drug-likeness (QED) is 0.426. The fraction of sp³-hybridized carbons (Fsp3) is 0.360. The summed E-state index contributed by atoms with van der Waals surface area (Å²) in [5.74, 6) is -0.140. The van der Waals surface area contributed by atoms with E-state index in [9.17, 15) is 14.3 Å². The van der Waals surface area contributed by atoms with Crippen molar-refractivity contribution in [2.45, 2.75) is 57.7 Å². The fourth-order valence-corrected chi connectivity index (χ4v) is 3.75. The van der Waals surface area contributed by atoms with E-state index in [4.69, 9.17) is 0 Å². The van der Waals surface area contributed by atoms with Crippen LogP contribution in [0.1, 0.15) is 45.9 Å². The summed E-state index contributed by atoms with van der Waals surface area (Å²) in [4.78, 5) is 17.3. The Labute approximate surface area is 195 Å². The van der Waals surface area contributed by atoms with Gasteiger partial charge < -0.3 is 15.0 Å². The highest BCUT2D eigenvalue weighted by atomic mass is 32.2. The Morgan fingerprint density at radius 2 is 1.88 bits per heavy atom. The number of nitrogens with one attached hydrogen (secondary N) is 1. The number of phenols is 1. The number of hydrogen-bond acceptors (Lipinski definition) is 4. The second-order valence-corrected chi connectivity index (χ2v) is 7.86. The third-order valence-electron chi connectivity index (χ3n) is 4.22. The van der Waals surface area contributed by atoms with Crippen LogP contribution in [0.5, 0.6) is 5.75 Å². The first-order valence-corrected chi connectivity index (χ1v) is 11.9. The Balaban J connectivity index is 0.00000121. The first kappa shape index (κ1) is 27.2. The minimum atomic E-state index is -0.279. The number of carbonyl (C=O) groups excluding carboxylic acids is 1. The van der Waals surface area contributed by atoms with Gasteiger partial charge in [-0.15, -0.1) is 11.8 Å². The number of rotatable bonds is 8. The van der Waals surface area contributed by atoms with Crippen LogP contribution in [-0.2, 0) is 17.8 Å². The summed E-state index contributed by atoms with van der Waals surface area (Å²) in [7, 11) is 0. The maximum atomic E-state index is 13.4. The molecule has 2 aromatic carbocycles. The molecule has 5 nitrogen and oxygen atoms in total. The van der Waals surface area contributed by atoms with Gasteiger partial charge in [-0.2, -0.15) is 0 Å². The minimum absolute atomic E-state index is 0.0652. The molecule has 3 rings (SSSR count). The van der Waals surface area contributed by atoms with E-state index in [0.29, 0.717) is 19.5 Å². The van der Waals surface area contributed by atoms with Gasteiger partial charge in [0.2, 0.25) is 5.91 Å². The fourth-order valence-electron chi connectivity index (χ4n) is 2.80. The Morgan fingerprint density at radius 3 is 2.56 bits per heavy atom. The molecule has 0 spiro atoms. The normalized spacial score (nSPS) is 10.8. The minimum Gasteiger partial charge on any atom is -0.508 e. The van der Waals surface area contributed by atoms with Gasteiger partial charge in [0.15, 0.2) is 0 Å². The van der Waals surface area contributed by atoms with Crippen molar-refractivity contribution >= 4 is 17.7 Å². The van der Waals surface area contributed by atoms with Gasteiger partial charge in [-0.25, -0.2) is 9.37 Å². The number of carbonyl (C=O) groups is 1. The molecule has 0 bridgehead atoms. The van der Waals surface area contributed by atoms with Crippen LogP contribution in [0.15, 0.2) is 66.0 Å². The number of benzene rings is 2. The van der Waals surface area contributed by atoms with Crippen molar-refractivity contribution in [3.05, 3.63) is 78.1 Å². The van der Waals surface area contributed by atoms with Crippen molar-refractivity contribution in [2.75, 3.05) is 6.54 Å². The smallest absolute Gasteiger partial charge is 0.233 e. The van der Waals surface area contributed by atoms with Crippen molar-refractivity contribution in [3.8, 4) is 5.75 Å². The van der Waals surface area contributed by atoms with E-state index in [1.54, 1.807) is 36.8 Å². The molecule has 0 saturated heterocycles. The number of imidazole rings is 1. The van der Waals surface area contributed by atoms with Crippen LogP contribution in [0.25, 0.3) is 0 Å². The molecule has 1 atom stereocenters. The molecule has 0 aliphatic carbocycles. The summed E-state index contributed by atoms with van der Waals surface area (Å²) in [6, 6.07) is 13.3. The maximum absolute atomic E-state index is 13.4. The molecule has 2 N–H and O–H groups in total. The van der Waals surface area contributed by atoms with Crippen LogP contribution in [0.2, 0.25) is 0 Å². The monoisotopic (exact) mass is 459 g/mol. The third kappa shape index (κ3) is 9.14. The molecule has 0 saturated carbocycles. The lowest BCUT2D eigenvalue weighted by atomic mass is 10.2. The van der Waals surface area contributed by atoms with E-state index in [-0.39, 0.29) is 22.7 Å². The number of nitrogens with zero attached hydrogens (tertiary/aromatic N) is 2. The third-order valence-corrected chi connectivity index (χ3v) is 5.31. The summed E-state index contributed by atoms with van der Waals surface area (Å²) in [6.45, 7) is 10.8. The molecule has 1 aromatic heterocycles. The lowest BCUT2D eigenvalue weighted by Gasteiger charge is -2.13. The molecule has 0 fully saturated rings. The second kappa shape index (κ2) is 15.1. The van der Waals surface area contributed by atoms with Crippen LogP contribution in [0.4, 0.5) is 4.39 Å². The van der Waals surface area contributed by atoms with Crippen molar-refractivity contribution in [1.82, 2.24) is 14.9 Å². The number of aromatic hydroxyl groups is 1. The van der Waals surface area contributed by atoms with Crippen molar-refractivity contribution in [1.29, 1.82) is 0 Å². The summed E-state index contributed by atoms with van der Waals surface area (Å²) in [6.07, 6.45) is 4.10. The SMILES string of the molecule is CC.CC.CC(Sc1cccc(O)c1)C(=O)NCCc1cncn1Cc1cccc(F)c1. The number of phenolic OH excluding ortho intramolecular Hbond substituents is 1. The first-order valence-electron chi connectivity index (χ1n) is 11.0. The molecule has 0 aliphatic heterocycles. The number of thioether (sulfide) groups is 1. The Morgan fingerprint density at radius 1 is 1.16 bits per heavy atom. The van der Waals surface area contributed by atoms with Crippen LogP contribution >= 0.6 is 11.8 Å². The van der Waals surface area contributed by atoms with E-state index in [1.807, 2.05) is 51.3 Å². The first-order chi connectivity index (χ1) is 15.5. The molecule has 174 valence electrons. The zero-order valence-electron chi connectivity index (χ0n) is 19.5.